The molecule has 1 aromatic heterocycles. The Hall–Kier alpha value is -3.18. The Morgan fingerprint density at radius 3 is 2.68 bits per heavy atom. The zero-order valence-corrected chi connectivity index (χ0v) is 21.9. The highest BCUT2D eigenvalue weighted by Crippen LogP contribution is 2.27. The number of ether oxygens (including phenoxy) is 1. The van der Waals surface area contributed by atoms with Gasteiger partial charge < -0.3 is 9.64 Å². The molecule has 12 heteroatoms. The predicted molar refractivity (Wildman–Crippen MR) is 140 cm³/mol. The van der Waals surface area contributed by atoms with Crippen molar-refractivity contribution in [1.29, 1.82) is 0 Å². The van der Waals surface area contributed by atoms with Gasteiger partial charge in [0.2, 0.25) is 5.91 Å². The number of tetrazole rings is 1. The van der Waals surface area contributed by atoms with E-state index in [-0.39, 0.29) is 29.2 Å². The summed E-state index contributed by atoms with van der Waals surface area (Å²) in [7, 11) is 0. The third-order valence-electron chi connectivity index (χ3n) is 6.85. The molecule has 2 aliphatic heterocycles. The van der Waals surface area contributed by atoms with Crippen LogP contribution in [-0.2, 0) is 20.7 Å². The summed E-state index contributed by atoms with van der Waals surface area (Å²) in [6, 6.07) is 8.83. The first-order chi connectivity index (χ1) is 18.4. The highest BCUT2D eigenvalue weighted by molar-refractivity contribution is 6.31. The predicted octanol–water partition coefficient (Wildman–Crippen LogP) is 3.23. The van der Waals surface area contributed by atoms with Crippen molar-refractivity contribution in [3.63, 3.8) is 0 Å². The molecule has 0 spiro atoms. The zero-order valence-electron chi connectivity index (χ0n) is 20.3. The van der Waals surface area contributed by atoms with E-state index in [1.165, 1.54) is 29.2 Å². The highest BCUT2D eigenvalue weighted by atomic mass is 35.5. The van der Waals surface area contributed by atoms with E-state index in [0.717, 1.165) is 13.1 Å². The molecule has 2 fully saturated rings. The van der Waals surface area contributed by atoms with E-state index in [1.807, 2.05) is 0 Å². The largest absolute Gasteiger partial charge is 0.379 e. The molecule has 9 nitrogen and oxygen atoms in total. The van der Waals surface area contributed by atoms with Crippen molar-refractivity contribution >= 4 is 41.0 Å². The van der Waals surface area contributed by atoms with Crippen LogP contribution in [0.4, 0.5) is 4.39 Å². The third kappa shape index (κ3) is 5.94. The number of carbonyl (C=O) groups excluding carboxylic acids is 2. The number of aromatic nitrogens is 4. The molecule has 2 saturated heterocycles. The number of halogens is 3. The molecule has 38 heavy (non-hydrogen) atoms. The molecule has 0 bridgehead atoms. The van der Waals surface area contributed by atoms with Gasteiger partial charge in [-0.05, 0) is 58.8 Å². The summed E-state index contributed by atoms with van der Waals surface area (Å²) in [4.78, 5) is 30.8. The Bertz CT molecular complexity index is 1350. The van der Waals surface area contributed by atoms with Crippen LogP contribution in [0, 0.1) is 5.82 Å². The Kier molecular flexibility index (Phi) is 8.13. The van der Waals surface area contributed by atoms with Gasteiger partial charge >= 0.3 is 0 Å². The summed E-state index contributed by atoms with van der Waals surface area (Å²) in [6.45, 7) is 3.14. The monoisotopic (exact) mass is 558 g/mol. The van der Waals surface area contributed by atoms with Gasteiger partial charge in [-0.25, -0.2) is 4.39 Å². The van der Waals surface area contributed by atoms with E-state index in [1.54, 1.807) is 35.2 Å². The number of benzene rings is 2. The minimum atomic E-state index is -0.623. The van der Waals surface area contributed by atoms with E-state index in [9.17, 15) is 14.0 Å². The first-order valence-corrected chi connectivity index (χ1v) is 12.9. The van der Waals surface area contributed by atoms with E-state index in [4.69, 9.17) is 27.9 Å². The lowest BCUT2D eigenvalue weighted by Crippen LogP contribution is -2.45. The van der Waals surface area contributed by atoms with Crippen LogP contribution in [0.1, 0.15) is 17.5 Å². The van der Waals surface area contributed by atoms with Crippen LogP contribution in [0.15, 0.2) is 48.8 Å². The van der Waals surface area contributed by atoms with Crippen LogP contribution in [-0.4, -0.2) is 86.6 Å². The van der Waals surface area contributed by atoms with E-state index in [0.29, 0.717) is 48.0 Å². The second kappa shape index (κ2) is 11.7. The molecule has 2 aromatic carbocycles. The summed E-state index contributed by atoms with van der Waals surface area (Å²) < 4.78 is 20.6. The Morgan fingerprint density at radius 1 is 1.13 bits per heavy atom. The van der Waals surface area contributed by atoms with Crippen molar-refractivity contribution < 1.29 is 18.7 Å². The lowest BCUT2D eigenvalue weighted by Gasteiger charge is -2.31. The average molecular weight is 559 g/mol. The Labute approximate surface area is 228 Å². The van der Waals surface area contributed by atoms with Gasteiger partial charge in [-0.3, -0.25) is 14.5 Å². The number of morpholine rings is 1. The minimum Gasteiger partial charge on any atom is -0.379 e. The van der Waals surface area contributed by atoms with Crippen LogP contribution in [0.2, 0.25) is 10.0 Å². The lowest BCUT2D eigenvalue weighted by atomic mass is 10.0. The third-order valence-corrected chi connectivity index (χ3v) is 7.37. The number of ketones is 1. The van der Waals surface area contributed by atoms with Gasteiger partial charge in [0.05, 0.1) is 30.0 Å². The summed E-state index contributed by atoms with van der Waals surface area (Å²) in [5.41, 5.74) is 1.90. The normalized spacial score (nSPS) is 20.3. The van der Waals surface area contributed by atoms with Crippen molar-refractivity contribution in [2.24, 2.45) is 0 Å². The molecular formula is C26H25Cl2FN6O3. The maximum absolute atomic E-state index is 13.6. The molecule has 0 N–H and O–H groups in total. The Balaban J connectivity index is 1.38. The van der Waals surface area contributed by atoms with Gasteiger partial charge in [-0.15, -0.1) is 5.10 Å². The number of likely N-dealkylation sites (tertiary alicyclic amines) is 1. The summed E-state index contributed by atoms with van der Waals surface area (Å²) in [5, 5.41) is 11.7. The van der Waals surface area contributed by atoms with Gasteiger partial charge in [-0.1, -0.05) is 29.3 Å². The number of Topliss-reactive ketones (excluding diaryl/α,β-unsaturated/α-hetero) is 1. The molecule has 0 saturated carbocycles. The second-order valence-electron chi connectivity index (χ2n) is 9.23. The first-order valence-electron chi connectivity index (χ1n) is 12.2. The van der Waals surface area contributed by atoms with Crippen molar-refractivity contribution in [3.8, 4) is 5.69 Å². The molecule has 0 aliphatic carbocycles. The molecule has 2 aliphatic rings. The number of nitrogens with zero attached hydrogens (tertiary/aromatic N) is 6. The first kappa shape index (κ1) is 26.4. The fraction of sp³-hybridized carbons (Fsp3) is 0.346. The van der Waals surface area contributed by atoms with Crippen molar-refractivity contribution in [2.75, 3.05) is 32.8 Å². The molecular weight excluding hydrogens is 534 g/mol. The van der Waals surface area contributed by atoms with E-state index in [2.05, 4.69) is 20.4 Å². The standard InChI is InChI=1S/C26H25Cl2FN6O3/c27-19-3-5-23(35-16-30-31-32-35)18(13-19)2-6-26(37)34-15-20(33-7-9-38-10-8-33)14-24(34)25(36)12-17-1-4-22(29)21(28)11-17/h1-6,11,13,16,20,24H,7-10,12,14-15H2/b6-2+/t20-,24-/m0/s1. The number of amides is 1. The van der Waals surface area contributed by atoms with Gasteiger partial charge in [0.15, 0.2) is 5.78 Å². The molecule has 3 aromatic rings. The molecule has 3 heterocycles. The van der Waals surface area contributed by atoms with Gasteiger partial charge in [-0.2, -0.15) is 4.68 Å². The molecule has 1 amide bonds. The van der Waals surface area contributed by atoms with Gasteiger partial charge in [0.1, 0.15) is 12.1 Å². The van der Waals surface area contributed by atoms with Crippen LogP contribution < -0.4 is 0 Å². The van der Waals surface area contributed by atoms with Crippen LogP contribution in [0.3, 0.4) is 0 Å². The van der Waals surface area contributed by atoms with Crippen molar-refractivity contribution in [1.82, 2.24) is 30.0 Å². The lowest BCUT2D eigenvalue weighted by molar-refractivity contribution is -0.133. The van der Waals surface area contributed by atoms with Crippen molar-refractivity contribution in [3.05, 3.63) is 75.8 Å². The minimum absolute atomic E-state index is 0.0324. The van der Waals surface area contributed by atoms with E-state index < -0.39 is 11.9 Å². The number of hydrogen-bond donors (Lipinski definition) is 0. The Morgan fingerprint density at radius 2 is 1.95 bits per heavy atom. The van der Waals surface area contributed by atoms with Crippen LogP contribution in [0.5, 0.6) is 0 Å². The number of rotatable bonds is 7. The molecule has 2 atom stereocenters. The van der Waals surface area contributed by atoms with E-state index >= 15 is 0 Å². The maximum atomic E-state index is 13.6. The maximum Gasteiger partial charge on any atom is 0.247 e. The van der Waals surface area contributed by atoms with Crippen LogP contribution in [0.25, 0.3) is 11.8 Å². The second-order valence-corrected chi connectivity index (χ2v) is 10.1. The SMILES string of the molecule is O=C(Cc1ccc(F)c(Cl)c1)[C@@H]1C[C@H](N2CCOCC2)CN1C(=O)/C=C/c1cc(Cl)ccc1-n1cnnn1. The number of hydrogen-bond acceptors (Lipinski definition) is 7. The smallest absolute Gasteiger partial charge is 0.247 e. The molecule has 0 unspecified atom stereocenters. The topological polar surface area (TPSA) is 93.5 Å². The zero-order chi connectivity index (χ0) is 26.6. The summed E-state index contributed by atoms with van der Waals surface area (Å²) >= 11 is 12.1. The highest BCUT2D eigenvalue weighted by Gasteiger charge is 2.41. The van der Waals surface area contributed by atoms with Gasteiger partial charge in [0, 0.05) is 48.8 Å². The van der Waals surface area contributed by atoms with Crippen molar-refractivity contribution in [2.45, 2.75) is 24.9 Å². The molecule has 5 rings (SSSR count). The summed E-state index contributed by atoms with van der Waals surface area (Å²) in [6.07, 6.45) is 5.10. The fourth-order valence-corrected chi connectivity index (χ4v) is 5.32. The molecule has 198 valence electrons. The number of carbonyl (C=O) groups is 2. The fourth-order valence-electron chi connectivity index (χ4n) is 4.93. The molecule has 0 radical (unpaired) electrons. The van der Waals surface area contributed by atoms with Crippen LogP contribution >= 0.6 is 23.2 Å². The quantitative estimate of drug-likeness (QED) is 0.411. The summed E-state index contributed by atoms with van der Waals surface area (Å²) in [5.74, 6) is -0.957. The van der Waals surface area contributed by atoms with Gasteiger partial charge in [0.25, 0.3) is 0 Å². The average Bonchev–Trinajstić information content (AvgIpc) is 3.61.